The smallest absolute Gasteiger partial charge is 0.253 e. The highest BCUT2D eigenvalue weighted by Crippen LogP contribution is 2.20. The number of nitrogens with zero attached hydrogens (tertiary/aromatic N) is 6. The molecule has 0 unspecified atom stereocenters. The third-order valence-electron chi connectivity index (χ3n) is 5.09. The lowest BCUT2D eigenvalue weighted by molar-refractivity contribution is 0.0656. The fourth-order valence-corrected chi connectivity index (χ4v) is 3.64. The van der Waals surface area contributed by atoms with E-state index in [1.54, 1.807) is 18.1 Å². The summed E-state index contributed by atoms with van der Waals surface area (Å²) in [7, 11) is 1.66. The van der Waals surface area contributed by atoms with Gasteiger partial charge in [-0.25, -0.2) is 0 Å². The molecule has 0 saturated carbocycles. The highest BCUT2D eigenvalue weighted by Gasteiger charge is 2.25. The van der Waals surface area contributed by atoms with Crippen LogP contribution in [0.3, 0.4) is 0 Å². The highest BCUT2D eigenvalue weighted by atomic mass is 16.5. The van der Waals surface area contributed by atoms with Gasteiger partial charge in [-0.05, 0) is 53.8 Å². The van der Waals surface area contributed by atoms with Gasteiger partial charge in [0.25, 0.3) is 5.91 Å². The minimum absolute atomic E-state index is 0.0689. The largest absolute Gasteiger partial charge is 0.380 e. The lowest BCUT2D eigenvalue weighted by atomic mass is 9.97. The van der Waals surface area contributed by atoms with Gasteiger partial charge in [0.1, 0.15) is 5.69 Å². The first-order valence-electron chi connectivity index (χ1n) is 9.79. The molecule has 1 amide bonds. The Morgan fingerprint density at radius 3 is 2.83 bits per heavy atom. The maximum Gasteiger partial charge on any atom is 0.253 e. The normalized spacial score (nSPS) is 16.7. The number of rotatable bonds is 6. The number of pyridine rings is 1. The molecule has 0 bridgehead atoms. The molecular formula is C21H24N6O2. The average molecular weight is 392 g/mol. The quantitative estimate of drug-likeness (QED) is 0.640. The number of carbonyl (C=O) groups excluding carboxylic acids is 1. The van der Waals surface area contributed by atoms with Crippen molar-refractivity contribution in [2.75, 3.05) is 20.2 Å². The summed E-state index contributed by atoms with van der Waals surface area (Å²) in [4.78, 5) is 20.7. The zero-order valence-electron chi connectivity index (χ0n) is 16.4. The molecule has 8 nitrogen and oxygen atoms in total. The van der Waals surface area contributed by atoms with Crippen LogP contribution in [-0.2, 0) is 17.9 Å². The molecule has 8 heteroatoms. The van der Waals surface area contributed by atoms with Gasteiger partial charge >= 0.3 is 0 Å². The number of hydrogen-bond acceptors (Lipinski definition) is 6. The Kier molecular flexibility index (Phi) is 5.90. The number of methoxy groups -OCH3 is 1. The maximum atomic E-state index is 12.9. The van der Waals surface area contributed by atoms with Crippen LogP contribution in [0, 0.1) is 5.92 Å². The van der Waals surface area contributed by atoms with Crippen LogP contribution in [0.5, 0.6) is 0 Å². The number of piperidine rings is 1. The number of tetrazole rings is 1. The molecule has 1 aliphatic rings. The molecule has 0 spiro atoms. The fraction of sp³-hybridized carbons (Fsp3) is 0.381. The first kappa shape index (κ1) is 19.2. The molecule has 29 heavy (non-hydrogen) atoms. The second-order valence-corrected chi connectivity index (χ2v) is 7.27. The fourth-order valence-electron chi connectivity index (χ4n) is 3.64. The number of aromatic nitrogens is 5. The minimum Gasteiger partial charge on any atom is -0.380 e. The molecule has 1 atom stereocenters. The molecule has 4 rings (SSSR count). The number of likely N-dealkylation sites (tertiary alicyclic amines) is 1. The number of amides is 1. The summed E-state index contributed by atoms with van der Waals surface area (Å²) in [5, 5.41) is 12.7. The Balaban J connectivity index is 1.38. The monoisotopic (exact) mass is 392 g/mol. The van der Waals surface area contributed by atoms with E-state index in [0.717, 1.165) is 24.9 Å². The molecule has 1 saturated heterocycles. The lowest BCUT2D eigenvalue weighted by Gasteiger charge is -2.32. The van der Waals surface area contributed by atoms with E-state index in [2.05, 4.69) is 20.4 Å². The maximum absolute atomic E-state index is 12.9. The lowest BCUT2D eigenvalue weighted by Crippen LogP contribution is -2.41. The third-order valence-corrected chi connectivity index (χ3v) is 5.09. The van der Waals surface area contributed by atoms with Gasteiger partial charge in [-0.15, -0.1) is 10.2 Å². The van der Waals surface area contributed by atoms with Crippen LogP contribution in [0.25, 0.3) is 11.5 Å². The highest BCUT2D eigenvalue weighted by molar-refractivity contribution is 5.94. The van der Waals surface area contributed by atoms with Crippen molar-refractivity contribution in [2.45, 2.75) is 26.0 Å². The van der Waals surface area contributed by atoms with Crippen LogP contribution in [0.4, 0.5) is 0 Å². The van der Waals surface area contributed by atoms with Crippen LogP contribution >= 0.6 is 0 Å². The molecule has 1 aromatic carbocycles. The molecule has 3 aromatic rings. The molecule has 2 aromatic heterocycles. The van der Waals surface area contributed by atoms with E-state index in [1.165, 1.54) is 0 Å². The number of hydrogen-bond donors (Lipinski definition) is 0. The van der Waals surface area contributed by atoms with Gasteiger partial charge in [-0.3, -0.25) is 9.78 Å². The van der Waals surface area contributed by atoms with E-state index < -0.39 is 0 Å². The van der Waals surface area contributed by atoms with Crippen molar-refractivity contribution in [2.24, 2.45) is 5.92 Å². The molecule has 0 radical (unpaired) electrons. The average Bonchev–Trinajstić information content (AvgIpc) is 3.23. The van der Waals surface area contributed by atoms with E-state index in [1.807, 2.05) is 47.4 Å². The predicted octanol–water partition coefficient (Wildman–Crippen LogP) is 2.43. The van der Waals surface area contributed by atoms with Gasteiger partial charge in [0.15, 0.2) is 0 Å². The van der Waals surface area contributed by atoms with Crippen molar-refractivity contribution in [3.63, 3.8) is 0 Å². The van der Waals surface area contributed by atoms with Gasteiger partial charge in [0, 0.05) is 32.0 Å². The number of ether oxygens (including phenoxy) is 1. The Morgan fingerprint density at radius 1 is 1.21 bits per heavy atom. The zero-order chi connectivity index (χ0) is 20.1. The number of carbonyl (C=O) groups is 1. The van der Waals surface area contributed by atoms with Crippen LogP contribution in [0.15, 0.2) is 48.7 Å². The Labute approximate surface area is 169 Å². The van der Waals surface area contributed by atoms with Crippen LogP contribution < -0.4 is 0 Å². The van der Waals surface area contributed by atoms with E-state index >= 15 is 0 Å². The molecule has 3 heterocycles. The van der Waals surface area contributed by atoms with E-state index in [4.69, 9.17) is 4.74 Å². The first-order valence-corrected chi connectivity index (χ1v) is 9.79. The Morgan fingerprint density at radius 2 is 2.07 bits per heavy atom. The van der Waals surface area contributed by atoms with Crippen LogP contribution in [-0.4, -0.2) is 56.2 Å². The Hall–Kier alpha value is -3.13. The standard InChI is InChI=1S/C21H24N6O2/c1-29-15-16-7-9-18(10-8-16)21(28)26-12-4-5-17(13-26)14-27-24-20(23-25-27)19-6-2-3-11-22-19/h2-3,6-11,17H,4-5,12-15H2,1H3/t17-/m0/s1. The topological polar surface area (TPSA) is 86.0 Å². The minimum atomic E-state index is 0.0689. The molecular weight excluding hydrogens is 368 g/mol. The van der Waals surface area contributed by atoms with E-state index in [9.17, 15) is 4.79 Å². The van der Waals surface area contributed by atoms with Crippen molar-refractivity contribution in [1.82, 2.24) is 30.1 Å². The van der Waals surface area contributed by atoms with Gasteiger partial charge in [-0.2, -0.15) is 4.80 Å². The van der Waals surface area contributed by atoms with E-state index in [-0.39, 0.29) is 5.91 Å². The zero-order valence-corrected chi connectivity index (χ0v) is 16.4. The summed E-state index contributed by atoms with van der Waals surface area (Å²) in [5.74, 6) is 0.885. The molecule has 0 N–H and O–H groups in total. The second-order valence-electron chi connectivity index (χ2n) is 7.27. The summed E-state index contributed by atoms with van der Waals surface area (Å²) in [6.07, 6.45) is 3.72. The molecule has 1 aliphatic heterocycles. The van der Waals surface area contributed by atoms with Crippen molar-refractivity contribution >= 4 is 5.91 Å². The van der Waals surface area contributed by atoms with Gasteiger partial charge in [-0.1, -0.05) is 18.2 Å². The van der Waals surface area contributed by atoms with E-state index in [0.29, 0.717) is 42.7 Å². The van der Waals surface area contributed by atoms with Gasteiger partial charge < -0.3 is 9.64 Å². The van der Waals surface area contributed by atoms with Crippen LogP contribution in [0.1, 0.15) is 28.8 Å². The second kappa shape index (κ2) is 8.91. The molecule has 1 fully saturated rings. The summed E-state index contributed by atoms with van der Waals surface area (Å²) >= 11 is 0. The third kappa shape index (κ3) is 4.65. The first-order chi connectivity index (χ1) is 14.2. The van der Waals surface area contributed by atoms with Crippen molar-refractivity contribution in [3.05, 3.63) is 59.8 Å². The van der Waals surface area contributed by atoms with Crippen LogP contribution in [0.2, 0.25) is 0 Å². The predicted molar refractivity (Wildman–Crippen MR) is 107 cm³/mol. The summed E-state index contributed by atoms with van der Waals surface area (Å²) in [6, 6.07) is 13.2. The summed E-state index contributed by atoms with van der Waals surface area (Å²) < 4.78 is 5.13. The molecule has 150 valence electrons. The van der Waals surface area contributed by atoms with Crippen molar-refractivity contribution in [1.29, 1.82) is 0 Å². The van der Waals surface area contributed by atoms with Gasteiger partial charge in [0.05, 0.1) is 13.2 Å². The summed E-state index contributed by atoms with van der Waals surface area (Å²) in [5.41, 5.74) is 2.47. The van der Waals surface area contributed by atoms with Crippen molar-refractivity contribution < 1.29 is 9.53 Å². The molecule has 0 aliphatic carbocycles. The number of benzene rings is 1. The SMILES string of the molecule is COCc1ccc(C(=O)N2CCC[C@H](Cn3nnc(-c4ccccn4)n3)C2)cc1. The summed E-state index contributed by atoms with van der Waals surface area (Å²) in [6.45, 7) is 2.65. The van der Waals surface area contributed by atoms with Gasteiger partial charge in [0.2, 0.25) is 5.82 Å². The van der Waals surface area contributed by atoms with Crippen molar-refractivity contribution in [3.8, 4) is 11.5 Å². The Bertz CT molecular complexity index is 941.